The van der Waals surface area contributed by atoms with E-state index < -0.39 is 0 Å². The van der Waals surface area contributed by atoms with Crippen molar-refractivity contribution in [1.29, 1.82) is 0 Å². The van der Waals surface area contributed by atoms with Gasteiger partial charge in [-0.3, -0.25) is 0 Å². The average molecular weight is 435 g/mol. The summed E-state index contributed by atoms with van der Waals surface area (Å²) in [4.78, 5) is 18.7. The Bertz CT molecular complexity index is 1420. The minimum atomic E-state index is 0.372. The molecule has 3 N–H and O–H groups in total. The summed E-state index contributed by atoms with van der Waals surface area (Å²) < 4.78 is 0. The molecule has 0 spiro atoms. The van der Waals surface area contributed by atoms with E-state index in [0.717, 1.165) is 33.0 Å². The highest BCUT2D eigenvalue weighted by atomic mass is 32.1. The van der Waals surface area contributed by atoms with E-state index in [-0.39, 0.29) is 0 Å². The number of hydrogen-bond acceptors (Lipinski definition) is 7. The maximum Gasteiger partial charge on any atom is 0.142 e. The highest BCUT2D eigenvalue weighted by Crippen LogP contribution is 2.29. The number of fused-ring (bicyclic) bond motifs is 1. The number of aromatic nitrogens is 4. The first kappa shape index (κ1) is 19.7. The van der Waals surface area contributed by atoms with Gasteiger partial charge in [-0.25, -0.2) is 19.9 Å². The lowest BCUT2D eigenvalue weighted by atomic mass is 10.0. The third kappa shape index (κ3) is 4.56. The van der Waals surface area contributed by atoms with E-state index in [1.54, 1.807) is 12.5 Å². The first-order valence-electron chi connectivity index (χ1n) is 9.97. The van der Waals surface area contributed by atoms with E-state index >= 15 is 0 Å². The third-order valence-electron chi connectivity index (χ3n) is 4.78. The molecule has 0 amide bonds. The molecule has 5 rings (SSSR count). The molecule has 3 heterocycles. The van der Waals surface area contributed by atoms with Gasteiger partial charge in [-0.15, -0.1) is 11.3 Å². The number of hydrogen-bond donors (Lipinski definition) is 2. The van der Waals surface area contributed by atoms with Crippen molar-refractivity contribution >= 4 is 38.9 Å². The molecular formula is C25H18N6S. The Labute approximate surface area is 189 Å². The Morgan fingerprint density at radius 3 is 2.44 bits per heavy atom. The summed E-state index contributed by atoms with van der Waals surface area (Å²) in [5.74, 6) is 7.25. The van der Waals surface area contributed by atoms with Gasteiger partial charge in [0.25, 0.3) is 0 Å². The molecule has 3 aromatic heterocycles. The highest BCUT2D eigenvalue weighted by Gasteiger charge is 2.08. The summed E-state index contributed by atoms with van der Waals surface area (Å²) in [6, 6.07) is 20.8. The van der Waals surface area contributed by atoms with Crippen LogP contribution in [-0.2, 0) is 6.42 Å². The Balaban J connectivity index is 1.35. The van der Waals surface area contributed by atoms with Crippen LogP contribution < -0.4 is 11.1 Å². The number of nitrogen functional groups attached to an aromatic ring is 1. The highest BCUT2D eigenvalue weighted by molar-refractivity contribution is 7.19. The van der Waals surface area contributed by atoms with E-state index in [1.165, 1.54) is 28.7 Å². The van der Waals surface area contributed by atoms with Crippen molar-refractivity contribution in [3.8, 4) is 11.8 Å². The number of nitrogens with one attached hydrogen (secondary N) is 1. The number of rotatable bonds is 4. The zero-order chi connectivity index (χ0) is 21.8. The van der Waals surface area contributed by atoms with Gasteiger partial charge in [-0.1, -0.05) is 42.5 Å². The minimum Gasteiger partial charge on any atom is -0.382 e. The summed E-state index contributed by atoms with van der Waals surface area (Å²) in [6.45, 7) is 0. The van der Waals surface area contributed by atoms with Crippen LogP contribution in [0.25, 0.3) is 10.2 Å². The van der Waals surface area contributed by atoms with Crippen molar-refractivity contribution in [3.63, 3.8) is 0 Å². The molecule has 6 nitrogen and oxygen atoms in total. The molecule has 7 heteroatoms. The first-order chi connectivity index (χ1) is 15.7. The van der Waals surface area contributed by atoms with Gasteiger partial charge >= 0.3 is 0 Å². The average Bonchev–Trinajstić information content (AvgIpc) is 3.25. The fourth-order valence-corrected chi connectivity index (χ4v) is 4.07. The fraction of sp³-hybridized carbons (Fsp3) is 0.0400. The van der Waals surface area contributed by atoms with Gasteiger partial charge in [0.15, 0.2) is 0 Å². The maximum atomic E-state index is 5.57. The Kier molecular flexibility index (Phi) is 5.43. The summed E-state index contributed by atoms with van der Waals surface area (Å²) in [6.07, 6.45) is 5.52. The number of nitrogens with two attached hydrogens (primary N) is 1. The molecule has 0 aliphatic carbocycles. The number of thiophene rings is 1. The first-order valence-corrected chi connectivity index (χ1v) is 10.8. The molecule has 0 unspecified atom stereocenters. The van der Waals surface area contributed by atoms with E-state index in [1.807, 2.05) is 12.1 Å². The number of benzene rings is 2. The molecule has 0 saturated carbocycles. The topological polar surface area (TPSA) is 89.6 Å². The van der Waals surface area contributed by atoms with Gasteiger partial charge in [0.05, 0.1) is 22.7 Å². The Morgan fingerprint density at radius 2 is 1.66 bits per heavy atom. The SMILES string of the molecule is Nc1cnc(C#Cc2cc3c(Nc4ccc(Cc5ccccc5)cc4)ncnc3s2)cn1. The van der Waals surface area contributed by atoms with Gasteiger partial charge in [0, 0.05) is 5.69 Å². The molecular weight excluding hydrogens is 416 g/mol. The van der Waals surface area contributed by atoms with Crippen molar-refractivity contribution in [2.45, 2.75) is 6.42 Å². The van der Waals surface area contributed by atoms with E-state index in [0.29, 0.717) is 11.5 Å². The van der Waals surface area contributed by atoms with Crippen LogP contribution in [0.4, 0.5) is 17.3 Å². The van der Waals surface area contributed by atoms with Crippen molar-refractivity contribution < 1.29 is 0 Å². The molecule has 0 fully saturated rings. The van der Waals surface area contributed by atoms with E-state index in [2.05, 4.69) is 85.6 Å². The van der Waals surface area contributed by atoms with Crippen LogP contribution in [0.1, 0.15) is 21.7 Å². The van der Waals surface area contributed by atoms with E-state index in [4.69, 9.17) is 5.73 Å². The van der Waals surface area contributed by atoms with Crippen molar-refractivity contribution in [2.75, 3.05) is 11.1 Å². The Morgan fingerprint density at radius 1 is 0.844 bits per heavy atom. The third-order valence-corrected chi connectivity index (χ3v) is 5.74. The summed E-state index contributed by atoms with van der Waals surface area (Å²) >= 11 is 1.51. The molecule has 0 atom stereocenters. The van der Waals surface area contributed by atoms with Crippen molar-refractivity contribution in [1.82, 2.24) is 19.9 Å². The number of anilines is 3. The second kappa shape index (κ2) is 8.84. The molecule has 0 saturated heterocycles. The summed E-state index contributed by atoms with van der Waals surface area (Å²) in [5.41, 5.74) is 9.65. The summed E-state index contributed by atoms with van der Waals surface area (Å²) in [5, 5.41) is 4.33. The van der Waals surface area contributed by atoms with Gasteiger partial charge in [-0.05, 0) is 47.6 Å². The minimum absolute atomic E-state index is 0.372. The van der Waals surface area contributed by atoms with Crippen LogP contribution >= 0.6 is 11.3 Å². The molecule has 154 valence electrons. The molecule has 0 radical (unpaired) electrons. The zero-order valence-electron chi connectivity index (χ0n) is 17.0. The standard InChI is InChI=1S/C25H18N6S/c26-23-15-27-20(14-28-23)10-11-21-13-22-24(29-16-30-25(22)32-21)31-19-8-6-18(7-9-19)12-17-4-2-1-3-5-17/h1-9,13-16H,12H2,(H2,26,28)(H,29,30,31). The lowest BCUT2D eigenvalue weighted by Crippen LogP contribution is -1.95. The second-order valence-electron chi connectivity index (χ2n) is 7.11. The van der Waals surface area contributed by atoms with Crippen LogP contribution in [0.15, 0.2) is 79.4 Å². The molecule has 32 heavy (non-hydrogen) atoms. The van der Waals surface area contributed by atoms with Crippen LogP contribution in [0.2, 0.25) is 0 Å². The van der Waals surface area contributed by atoms with Gasteiger partial charge in [0.2, 0.25) is 0 Å². The van der Waals surface area contributed by atoms with Crippen LogP contribution in [0.3, 0.4) is 0 Å². The van der Waals surface area contributed by atoms with Gasteiger partial charge in [0.1, 0.15) is 28.5 Å². The van der Waals surface area contributed by atoms with Crippen molar-refractivity contribution in [2.24, 2.45) is 0 Å². The van der Waals surface area contributed by atoms with Crippen molar-refractivity contribution in [3.05, 3.63) is 101 Å². The zero-order valence-corrected chi connectivity index (χ0v) is 17.8. The molecule has 2 aromatic carbocycles. The van der Waals surface area contributed by atoms with Gasteiger partial charge in [-0.2, -0.15) is 0 Å². The van der Waals surface area contributed by atoms with Crippen LogP contribution in [0, 0.1) is 11.8 Å². The predicted molar refractivity (Wildman–Crippen MR) is 129 cm³/mol. The quantitative estimate of drug-likeness (QED) is 0.395. The fourth-order valence-electron chi connectivity index (χ4n) is 3.22. The molecule has 0 bridgehead atoms. The largest absolute Gasteiger partial charge is 0.382 e. The second-order valence-corrected chi connectivity index (χ2v) is 8.14. The lowest BCUT2D eigenvalue weighted by Gasteiger charge is -2.08. The molecule has 5 aromatic rings. The Hall–Kier alpha value is -4.28. The van der Waals surface area contributed by atoms with Crippen LogP contribution in [-0.4, -0.2) is 19.9 Å². The normalized spacial score (nSPS) is 10.5. The predicted octanol–water partition coefficient (Wildman–Crippen LogP) is 4.80. The monoisotopic (exact) mass is 434 g/mol. The smallest absolute Gasteiger partial charge is 0.142 e. The molecule has 0 aliphatic heterocycles. The summed E-state index contributed by atoms with van der Waals surface area (Å²) in [7, 11) is 0. The molecule has 0 aliphatic rings. The van der Waals surface area contributed by atoms with Crippen LogP contribution in [0.5, 0.6) is 0 Å². The maximum absolute atomic E-state index is 5.57. The lowest BCUT2D eigenvalue weighted by molar-refractivity contribution is 1.18. The van der Waals surface area contributed by atoms with E-state index in [9.17, 15) is 0 Å². The van der Waals surface area contributed by atoms with Gasteiger partial charge < -0.3 is 11.1 Å². The number of nitrogens with zero attached hydrogens (tertiary/aromatic N) is 4.